The Morgan fingerprint density at radius 1 is 1.28 bits per heavy atom. The number of carbonyl (C=O) groups is 1. The first-order chi connectivity index (χ1) is 8.32. The van der Waals surface area contributed by atoms with E-state index in [-0.39, 0.29) is 10.0 Å². The second-order valence-electron chi connectivity index (χ2n) is 3.37. The summed E-state index contributed by atoms with van der Waals surface area (Å²) in [6, 6.07) is 5.97. The van der Waals surface area contributed by atoms with Crippen LogP contribution in [0.4, 0.5) is 10.5 Å². The number of amides is 1. The number of carbonyl (C=O) groups excluding carboxylic acids is 1. The van der Waals surface area contributed by atoms with E-state index in [1.54, 1.807) is 12.1 Å². The molecule has 8 heteroatoms. The molecule has 1 rings (SSSR count). The summed E-state index contributed by atoms with van der Waals surface area (Å²) in [7, 11) is -2.00. The van der Waals surface area contributed by atoms with Gasteiger partial charge in [-0.05, 0) is 36.5 Å². The van der Waals surface area contributed by atoms with E-state index in [1.807, 2.05) is 0 Å². The van der Waals surface area contributed by atoms with Crippen LogP contribution in [0.3, 0.4) is 0 Å². The van der Waals surface area contributed by atoms with Crippen molar-refractivity contribution < 1.29 is 17.9 Å². The van der Waals surface area contributed by atoms with E-state index in [0.29, 0.717) is 5.69 Å². The lowest BCUT2D eigenvalue weighted by Crippen LogP contribution is -2.33. The molecule has 0 aliphatic heterocycles. The molecule has 1 aromatic rings. The van der Waals surface area contributed by atoms with Gasteiger partial charge in [0.1, 0.15) is 0 Å². The zero-order valence-electron chi connectivity index (χ0n) is 9.76. The van der Waals surface area contributed by atoms with Crippen molar-refractivity contribution >= 4 is 38.9 Å². The van der Waals surface area contributed by atoms with Crippen molar-refractivity contribution in [3.63, 3.8) is 0 Å². The van der Waals surface area contributed by atoms with Gasteiger partial charge in [0, 0.05) is 11.9 Å². The molecule has 0 unspecified atom stereocenters. The van der Waals surface area contributed by atoms with Gasteiger partial charge in [-0.15, -0.1) is 0 Å². The normalized spacial score (nSPS) is 10.6. The van der Waals surface area contributed by atoms with Gasteiger partial charge in [0.2, 0.25) is 0 Å². The molecule has 0 radical (unpaired) electrons. The van der Waals surface area contributed by atoms with Crippen LogP contribution in [0.25, 0.3) is 0 Å². The SMILES string of the molecule is COC(=O)NC(=S)Nc1ccc(S(C)(=O)=O)cc1. The second kappa shape index (κ2) is 5.78. The van der Waals surface area contributed by atoms with E-state index in [9.17, 15) is 13.2 Å². The van der Waals surface area contributed by atoms with Gasteiger partial charge in [-0.25, -0.2) is 13.2 Å². The van der Waals surface area contributed by atoms with E-state index in [1.165, 1.54) is 19.2 Å². The zero-order valence-corrected chi connectivity index (χ0v) is 11.4. The zero-order chi connectivity index (χ0) is 13.8. The maximum atomic E-state index is 11.2. The minimum atomic E-state index is -3.22. The monoisotopic (exact) mass is 288 g/mol. The molecule has 0 saturated heterocycles. The van der Waals surface area contributed by atoms with Crippen LogP contribution in [0.1, 0.15) is 0 Å². The number of alkyl carbamates (subject to hydrolysis) is 1. The number of hydrogen-bond donors (Lipinski definition) is 2. The molecule has 0 spiro atoms. The molecule has 18 heavy (non-hydrogen) atoms. The Morgan fingerprint density at radius 3 is 2.28 bits per heavy atom. The fourth-order valence-corrected chi connectivity index (χ4v) is 1.92. The van der Waals surface area contributed by atoms with E-state index in [0.717, 1.165) is 6.26 Å². The molecule has 0 aliphatic rings. The predicted octanol–water partition coefficient (Wildman–Crippen LogP) is 1.14. The fourth-order valence-electron chi connectivity index (χ4n) is 1.09. The molecule has 1 amide bonds. The molecule has 0 atom stereocenters. The topological polar surface area (TPSA) is 84.5 Å². The molecular weight excluding hydrogens is 276 g/mol. The number of hydrogen-bond acceptors (Lipinski definition) is 5. The van der Waals surface area contributed by atoms with Crippen molar-refractivity contribution in [1.82, 2.24) is 5.32 Å². The highest BCUT2D eigenvalue weighted by Gasteiger charge is 2.07. The predicted molar refractivity (Wildman–Crippen MR) is 71.3 cm³/mol. The Bertz CT molecular complexity index is 552. The summed E-state index contributed by atoms with van der Waals surface area (Å²) in [5.74, 6) is 0. The van der Waals surface area contributed by atoms with Crippen LogP contribution in [0, 0.1) is 0 Å². The highest BCUT2D eigenvalue weighted by atomic mass is 32.2. The third-order valence-electron chi connectivity index (χ3n) is 1.94. The lowest BCUT2D eigenvalue weighted by Gasteiger charge is -2.08. The molecule has 0 fully saturated rings. The van der Waals surface area contributed by atoms with E-state index in [2.05, 4.69) is 15.4 Å². The van der Waals surface area contributed by atoms with Crippen molar-refractivity contribution in [1.29, 1.82) is 0 Å². The van der Waals surface area contributed by atoms with E-state index in [4.69, 9.17) is 12.2 Å². The van der Waals surface area contributed by atoms with Gasteiger partial charge in [0.05, 0.1) is 12.0 Å². The first-order valence-corrected chi connectivity index (χ1v) is 7.09. The maximum Gasteiger partial charge on any atom is 0.413 e. The van der Waals surface area contributed by atoms with Crippen LogP contribution in [0.5, 0.6) is 0 Å². The van der Waals surface area contributed by atoms with Crippen molar-refractivity contribution in [2.24, 2.45) is 0 Å². The van der Waals surface area contributed by atoms with Crippen LogP contribution in [-0.4, -0.2) is 33.0 Å². The number of ether oxygens (including phenoxy) is 1. The Balaban J connectivity index is 2.70. The molecule has 6 nitrogen and oxygen atoms in total. The fraction of sp³-hybridized carbons (Fsp3) is 0.200. The third-order valence-corrected chi connectivity index (χ3v) is 3.27. The molecule has 0 aromatic heterocycles. The van der Waals surface area contributed by atoms with Crippen LogP contribution >= 0.6 is 12.2 Å². The number of sulfone groups is 1. The minimum absolute atomic E-state index is 0.0638. The van der Waals surface area contributed by atoms with Gasteiger partial charge in [0.25, 0.3) is 0 Å². The summed E-state index contributed by atoms with van der Waals surface area (Å²) in [6.45, 7) is 0. The summed E-state index contributed by atoms with van der Waals surface area (Å²) in [5, 5.41) is 5.04. The summed E-state index contributed by atoms with van der Waals surface area (Å²) in [6.07, 6.45) is 0.444. The van der Waals surface area contributed by atoms with Gasteiger partial charge in [0.15, 0.2) is 14.9 Å². The molecule has 1 aromatic carbocycles. The number of benzene rings is 1. The molecule has 0 heterocycles. The summed E-state index contributed by atoms with van der Waals surface area (Å²) >= 11 is 4.84. The maximum absolute atomic E-state index is 11.2. The van der Waals surface area contributed by atoms with Crippen LogP contribution in [0.15, 0.2) is 29.2 Å². The Labute approximate surface area is 110 Å². The number of rotatable bonds is 2. The van der Waals surface area contributed by atoms with Crippen LogP contribution in [-0.2, 0) is 14.6 Å². The highest BCUT2D eigenvalue weighted by molar-refractivity contribution is 7.90. The summed E-state index contributed by atoms with van der Waals surface area (Å²) in [4.78, 5) is 11.1. The van der Waals surface area contributed by atoms with Gasteiger partial charge >= 0.3 is 6.09 Å². The average Bonchev–Trinajstić information content (AvgIpc) is 2.28. The second-order valence-corrected chi connectivity index (χ2v) is 5.79. The molecule has 0 bridgehead atoms. The molecule has 0 saturated carbocycles. The molecular formula is C10H12N2O4S2. The Morgan fingerprint density at radius 2 is 1.83 bits per heavy atom. The van der Waals surface area contributed by atoms with Gasteiger partial charge in [-0.2, -0.15) is 0 Å². The first-order valence-electron chi connectivity index (χ1n) is 4.79. The van der Waals surface area contributed by atoms with E-state index >= 15 is 0 Å². The smallest absolute Gasteiger partial charge is 0.413 e. The van der Waals surface area contributed by atoms with Crippen molar-refractivity contribution in [3.05, 3.63) is 24.3 Å². The molecule has 2 N–H and O–H groups in total. The van der Waals surface area contributed by atoms with Crippen molar-refractivity contribution in [2.45, 2.75) is 4.90 Å². The lowest BCUT2D eigenvalue weighted by molar-refractivity contribution is 0.177. The van der Waals surface area contributed by atoms with Crippen LogP contribution in [0.2, 0.25) is 0 Å². The number of methoxy groups -OCH3 is 1. The molecule has 98 valence electrons. The Hall–Kier alpha value is -1.67. The summed E-state index contributed by atoms with van der Waals surface area (Å²) < 4.78 is 26.8. The number of thiocarbonyl (C=S) groups is 1. The van der Waals surface area contributed by atoms with Gasteiger partial charge in [-0.3, -0.25) is 5.32 Å². The first kappa shape index (κ1) is 14.4. The van der Waals surface area contributed by atoms with Crippen molar-refractivity contribution in [2.75, 3.05) is 18.7 Å². The third kappa shape index (κ3) is 4.30. The number of anilines is 1. The highest BCUT2D eigenvalue weighted by Crippen LogP contribution is 2.13. The number of nitrogens with one attached hydrogen (secondary N) is 2. The average molecular weight is 288 g/mol. The minimum Gasteiger partial charge on any atom is -0.453 e. The van der Waals surface area contributed by atoms with Crippen molar-refractivity contribution in [3.8, 4) is 0 Å². The standard InChI is InChI=1S/C10H12N2O4S2/c1-16-10(13)12-9(17)11-7-3-5-8(6-4-7)18(2,14)15/h3-6H,1-2H3,(H2,11,12,13,17). The summed E-state index contributed by atoms with van der Waals surface area (Å²) in [5.41, 5.74) is 0.559. The van der Waals surface area contributed by atoms with Crippen LogP contribution < -0.4 is 10.6 Å². The van der Waals surface area contributed by atoms with E-state index < -0.39 is 15.9 Å². The lowest BCUT2D eigenvalue weighted by atomic mass is 10.3. The Kier molecular flexibility index (Phi) is 4.62. The molecule has 0 aliphatic carbocycles. The largest absolute Gasteiger partial charge is 0.453 e. The quantitative estimate of drug-likeness (QED) is 0.794. The van der Waals surface area contributed by atoms with Gasteiger partial charge < -0.3 is 10.1 Å². The van der Waals surface area contributed by atoms with Gasteiger partial charge in [-0.1, -0.05) is 0 Å².